The minimum atomic E-state index is -3.38. The molecular weight excluding hydrogens is 280 g/mol. The van der Waals surface area contributed by atoms with Crippen LogP contribution in [0.2, 0.25) is 4.34 Å². The molecule has 0 aromatic carbocycles. The summed E-state index contributed by atoms with van der Waals surface area (Å²) >= 11 is 6.81. The van der Waals surface area contributed by atoms with E-state index in [-0.39, 0.29) is 11.7 Å². The van der Waals surface area contributed by atoms with Gasteiger partial charge in [0.2, 0.25) is 0 Å². The first-order chi connectivity index (χ1) is 7.74. The van der Waals surface area contributed by atoms with E-state index in [0.29, 0.717) is 9.21 Å². The van der Waals surface area contributed by atoms with Gasteiger partial charge in [-0.2, -0.15) is 0 Å². The third-order valence-electron chi connectivity index (χ3n) is 2.69. The molecule has 1 aromatic rings. The highest BCUT2D eigenvalue weighted by molar-refractivity contribution is 7.92. The summed E-state index contributed by atoms with van der Waals surface area (Å²) in [7, 11) is -3.38. The summed E-state index contributed by atoms with van der Waals surface area (Å²) < 4.78 is 24.3. The maximum atomic E-state index is 11.9. The lowest BCUT2D eigenvalue weighted by Crippen LogP contribution is -2.29. The average molecular weight is 295 g/mol. The number of carbonyl (C=O) groups excluding carboxylic acids is 1. The van der Waals surface area contributed by atoms with Crippen molar-refractivity contribution in [1.29, 1.82) is 0 Å². The van der Waals surface area contributed by atoms with E-state index in [1.54, 1.807) is 19.1 Å². The highest BCUT2D eigenvalue weighted by atomic mass is 35.5. The van der Waals surface area contributed by atoms with Crippen LogP contribution in [0, 0.1) is 5.92 Å². The number of thiophene rings is 1. The van der Waals surface area contributed by atoms with Crippen LogP contribution in [0.3, 0.4) is 0 Å². The Balaban J connectivity index is 2.82. The fourth-order valence-electron chi connectivity index (χ4n) is 1.26. The van der Waals surface area contributed by atoms with Crippen molar-refractivity contribution in [2.45, 2.75) is 26.0 Å². The van der Waals surface area contributed by atoms with Crippen LogP contribution < -0.4 is 0 Å². The van der Waals surface area contributed by atoms with E-state index in [9.17, 15) is 13.2 Å². The molecule has 6 heteroatoms. The minimum Gasteiger partial charge on any atom is -0.292 e. The number of halogens is 1. The molecule has 0 fully saturated rings. The van der Waals surface area contributed by atoms with Gasteiger partial charge in [0.25, 0.3) is 0 Å². The standard InChI is InChI=1S/C11H15ClO3S2/c1-7(2)8(3)17(14,15)6-9(13)10-4-5-11(12)16-10/h4-5,7-8H,6H2,1-3H3. The molecule has 0 amide bonds. The SMILES string of the molecule is CC(C)C(C)S(=O)(=O)CC(=O)c1ccc(Cl)s1. The Bertz CT molecular complexity index is 503. The molecular formula is C11H15ClO3S2. The second-order valence-corrected chi connectivity index (χ2v) is 8.36. The van der Waals surface area contributed by atoms with Gasteiger partial charge in [-0.05, 0) is 25.0 Å². The van der Waals surface area contributed by atoms with E-state index in [2.05, 4.69) is 0 Å². The predicted octanol–water partition coefficient (Wildman–Crippen LogP) is 3.04. The van der Waals surface area contributed by atoms with Crippen molar-refractivity contribution >= 4 is 38.6 Å². The molecule has 1 unspecified atom stereocenters. The fraction of sp³-hybridized carbons (Fsp3) is 0.545. The molecule has 0 bridgehead atoms. The number of sulfone groups is 1. The molecule has 1 heterocycles. The normalized spacial score (nSPS) is 13.9. The molecule has 0 spiro atoms. The van der Waals surface area contributed by atoms with Crippen molar-refractivity contribution in [3.8, 4) is 0 Å². The van der Waals surface area contributed by atoms with Crippen molar-refractivity contribution < 1.29 is 13.2 Å². The summed E-state index contributed by atoms with van der Waals surface area (Å²) in [6, 6.07) is 3.16. The smallest absolute Gasteiger partial charge is 0.187 e. The zero-order valence-corrected chi connectivity index (χ0v) is 12.3. The van der Waals surface area contributed by atoms with Gasteiger partial charge in [-0.3, -0.25) is 4.79 Å². The van der Waals surface area contributed by atoms with Gasteiger partial charge in [-0.25, -0.2) is 8.42 Å². The quantitative estimate of drug-likeness (QED) is 0.784. The Hall–Kier alpha value is -0.390. The van der Waals surface area contributed by atoms with Crippen LogP contribution in [0.4, 0.5) is 0 Å². The second-order valence-electron chi connectivity index (χ2n) is 4.28. The number of hydrogen-bond donors (Lipinski definition) is 0. The average Bonchev–Trinajstić information content (AvgIpc) is 2.63. The van der Waals surface area contributed by atoms with Gasteiger partial charge in [0.05, 0.1) is 14.5 Å². The maximum absolute atomic E-state index is 11.9. The zero-order chi connectivity index (χ0) is 13.2. The van der Waals surface area contributed by atoms with Gasteiger partial charge < -0.3 is 0 Å². The Morgan fingerprint density at radius 2 is 1.94 bits per heavy atom. The minimum absolute atomic E-state index is 0.000256. The molecule has 1 aromatic heterocycles. The van der Waals surface area contributed by atoms with E-state index >= 15 is 0 Å². The lowest BCUT2D eigenvalue weighted by Gasteiger charge is -2.15. The van der Waals surface area contributed by atoms with Crippen LogP contribution in [0.5, 0.6) is 0 Å². The van der Waals surface area contributed by atoms with Gasteiger partial charge in [-0.1, -0.05) is 25.4 Å². The fourth-order valence-corrected chi connectivity index (χ4v) is 3.95. The van der Waals surface area contributed by atoms with Crippen LogP contribution in [-0.2, 0) is 9.84 Å². The Morgan fingerprint density at radius 1 is 1.35 bits per heavy atom. The van der Waals surface area contributed by atoms with Gasteiger partial charge in [0, 0.05) is 0 Å². The number of Topliss-reactive ketones (excluding diaryl/α,β-unsaturated/α-hetero) is 1. The molecule has 0 radical (unpaired) electrons. The van der Waals surface area contributed by atoms with E-state index in [0.717, 1.165) is 11.3 Å². The van der Waals surface area contributed by atoms with Crippen LogP contribution >= 0.6 is 22.9 Å². The summed E-state index contributed by atoms with van der Waals surface area (Å²) in [5.74, 6) is -0.822. The van der Waals surface area contributed by atoms with Crippen LogP contribution in [0.15, 0.2) is 12.1 Å². The van der Waals surface area contributed by atoms with E-state index < -0.39 is 20.8 Å². The highest BCUT2D eigenvalue weighted by Crippen LogP contribution is 2.23. The highest BCUT2D eigenvalue weighted by Gasteiger charge is 2.27. The first kappa shape index (κ1) is 14.7. The predicted molar refractivity (Wildman–Crippen MR) is 71.7 cm³/mol. The van der Waals surface area contributed by atoms with Gasteiger partial charge in [0.15, 0.2) is 15.6 Å². The molecule has 3 nitrogen and oxygen atoms in total. The third kappa shape index (κ3) is 3.79. The van der Waals surface area contributed by atoms with E-state index in [1.807, 2.05) is 13.8 Å². The molecule has 17 heavy (non-hydrogen) atoms. The zero-order valence-electron chi connectivity index (χ0n) is 9.94. The van der Waals surface area contributed by atoms with Crippen LogP contribution in [0.25, 0.3) is 0 Å². The molecule has 1 atom stereocenters. The lowest BCUT2D eigenvalue weighted by molar-refractivity contribution is 0.102. The van der Waals surface area contributed by atoms with Crippen LogP contribution in [-0.4, -0.2) is 25.2 Å². The summed E-state index contributed by atoms with van der Waals surface area (Å²) in [5, 5.41) is -0.512. The molecule has 0 aliphatic heterocycles. The van der Waals surface area contributed by atoms with E-state index in [4.69, 9.17) is 11.6 Å². The van der Waals surface area contributed by atoms with Crippen molar-refractivity contribution in [3.05, 3.63) is 21.3 Å². The Morgan fingerprint density at radius 3 is 2.35 bits per heavy atom. The molecule has 0 saturated carbocycles. The van der Waals surface area contributed by atoms with Crippen molar-refractivity contribution in [3.63, 3.8) is 0 Å². The molecule has 0 aliphatic carbocycles. The topological polar surface area (TPSA) is 51.2 Å². The molecule has 96 valence electrons. The monoisotopic (exact) mass is 294 g/mol. The van der Waals surface area contributed by atoms with Crippen molar-refractivity contribution in [2.24, 2.45) is 5.92 Å². The van der Waals surface area contributed by atoms with Gasteiger partial charge in [-0.15, -0.1) is 11.3 Å². The third-order valence-corrected chi connectivity index (χ3v) is 6.30. The number of rotatable bonds is 5. The van der Waals surface area contributed by atoms with Crippen molar-refractivity contribution in [2.75, 3.05) is 5.75 Å². The Labute approximate surface area is 111 Å². The first-order valence-electron chi connectivity index (χ1n) is 5.24. The number of ketones is 1. The number of hydrogen-bond acceptors (Lipinski definition) is 4. The molecule has 1 rings (SSSR count). The van der Waals surface area contributed by atoms with Gasteiger partial charge in [0.1, 0.15) is 5.75 Å². The first-order valence-corrected chi connectivity index (χ1v) is 8.15. The molecule has 0 saturated heterocycles. The second kappa shape index (κ2) is 5.50. The molecule has 0 aliphatic rings. The summed E-state index contributed by atoms with van der Waals surface area (Å²) in [6.45, 7) is 5.29. The molecule has 0 N–H and O–H groups in total. The number of carbonyl (C=O) groups is 1. The van der Waals surface area contributed by atoms with Gasteiger partial charge >= 0.3 is 0 Å². The Kier molecular flexibility index (Phi) is 4.75. The summed E-state index contributed by atoms with van der Waals surface area (Å²) in [5.41, 5.74) is 0. The maximum Gasteiger partial charge on any atom is 0.187 e. The largest absolute Gasteiger partial charge is 0.292 e. The lowest BCUT2D eigenvalue weighted by atomic mass is 10.2. The summed E-state index contributed by atoms with van der Waals surface area (Å²) in [4.78, 5) is 12.2. The summed E-state index contributed by atoms with van der Waals surface area (Å²) in [6.07, 6.45) is 0. The van der Waals surface area contributed by atoms with E-state index in [1.165, 1.54) is 0 Å². The van der Waals surface area contributed by atoms with Crippen LogP contribution in [0.1, 0.15) is 30.4 Å². The van der Waals surface area contributed by atoms with Crippen molar-refractivity contribution in [1.82, 2.24) is 0 Å².